The number of hydrogen-bond donors (Lipinski definition) is 3. The normalized spacial score (nSPS) is 15.6. The molecule has 2 unspecified atom stereocenters. The predicted molar refractivity (Wildman–Crippen MR) is 57.0 cm³/mol. The molecule has 118 valence electrons. The number of carboxylic acid groups (broad SMARTS) is 1. The molecule has 0 radical (unpaired) electrons. The van der Waals surface area contributed by atoms with Crippen LogP contribution in [0.1, 0.15) is 22.8 Å². The van der Waals surface area contributed by atoms with Gasteiger partial charge in [0, 0.05) is 0 Å². The molecule has 0 saturated carbocycles. The molecule has 1 aromatic rings. The number of rotatable bonds is 3. The fourth-order valence-corrected chi connectivity index (χ4v) is 1.49. The largest absolute Gasteiger partial charge is 0.480 e. The molecule has 1 rings (SSSR count). The van der Waals surface area contributed by atoms with Gasteiger partial charge in [-0.1, -0.05) is 0 Å². The summed E-state index contributed by atoms with van der Waals surface area (Å²) in [5.74, 6) is -1.77. The van der Waals surface area contributed by atoms with Gasteiger partial charge < -0.3 is 15.9 Å². The Morgan fingerprint density at radius 2 is 1.38 bits per heavy atom. The summed E-state index contributed by atoms with van der Waals surface area (Å²) in [6.07, 6.45) is -12.4. The van der Waals surface area contributed by atoms with Crippen molar-refractivity contribution in [3.8, 4) is 0 Å². The molecular formula is C11H9F6NO3. The SMILES string of the molecule is NC(C(=O)O)C(O)c1cc(C(F)(F)F)cc(C(F)(F)F)c1. The van der Waals surface area contributed by atoms with Crippen molar-refractivity contribution < 1.29 is 41.4 Å². The minimum absolute atomic E-state index is 0.136. The topological polar surface area (TPSA) is 83.6 Å². The Balaban J connectivity index is 3.42. The van der Waals surface area contributed by atoms with Gasteiger partial charge in [0.1, 0.15) is 12.1 Å². The van der Waals surface area contributed by atoms with Crippen molar-refractivity contribution in [1.29, 1.82) is 0 Å². The number of hydrogen-bond acceptors (Lipinski definition) is 3. The van der Waals surface area contributed by atoms with Gasteiger partial charge >= 0.3 is 18.3 Å². The van der Waals surface area contributed by atoms with Crippen LogP contribution in [0.4, 0.5) is 26.3 Å². The van der Waals surface area contributed by atoms with E-state index in [-0.39, 0.29) is 18.2 Å². The van der Waals surface area contributed by atoms with Crippen LogP contribution in [0, 0.1) is 0 Å². The van der Waals surface area contributed by atoms with E-state index in [2.05, 4.69) is 0 Å². The van der Waals surface area contributed by atoms with Gasteiger partial charge in [-0.3, -0.25) is 4.79 Å². The lowest BCUT2D eigenvalue weighted by Crippen LogP contribution is -2.36. The summed E-state index contributed by atoms with van der Waals surface area (Å²) >= 11 is 0. The molecular weight excluding hydrogens is 308 g/mol. The summed E-state index contributed by atoms with van der Waals surface area (Å²) in [5, 5.41) is 18.0. The van der Waals surface area contributed by atoms with Gasteiger partial charge in [0.25, 0.3) is 0 Å². The molecule has 0 aliphatic carbocycles. The zero-order valence-electron chi connectivity index (χ0n) is 10.0. The lowest BCUT2D eigenvalue weighted by atomic mass is 9.97. The average molecular weight is 317 g/mol. The number of nitrogens with two attached hydrogens (primary N) is 1. The molecule has 4 N–H and O–H groups in total. The monoisotopic (exact) mass is 317 g/mol. The number of carbonyl (C=O) groups is 1. The molecule has 0 aliphatic heterocycles. The number of aliphatic hydroxyl groups excluding tert-OH is 1. The zero-order chi connectivity index (χ0) is 16.6. The van der Waals surface area contributed by atoms with Crippen LogP contribution in [0.2, 0.25) is 0 Å². The molecule has 1 aromatic carbocycles. The first-order valence-corrected chi connectivity index (χ1v) is 5.30. The van der Waals surface area contributed by atoms with E-state index in [1.54, 1.807) is 0 Å². The van der Waals surface area contributed by atoms with Gasteiger partial charge in [-0.15, -0.1) is 0 Å². The lowest BCUT2D eigenvalue weighted by Gasteiger charge is -2.19. The first kappa shape index (κ1) is 17.2. The molecule has 0 spiro atoms. The molecule has 0 saturated heterocycles. The Morgan fingerprint density at radius 1 is 1.00 bits per heavy atom. The molecule has 0 fully saturated rings. The number of aliphatic hydroxyl groups is 1. The maximum atomic E-state index is 12.6. The molecule has 0 aliphatic rings. The van der Waals surface area contributed by atoms with Crippen molar-refractivity contribution in [2.75, 3.05) is 0 Å². The highest BCUT2D eigenvalue weighted by Crippen LogP contribution is 2.37. The number of carboxylic acids is 1. The minimum Gasteiger partial charge on any atom is -0.480 e. The van der Waals surface area contributed by atoms with E-state index >= 15 is 0 Å². The molecule has 0 amide bonds. The van der Waals surface area contributed by atoms with Gasteiger partial charge in [-0.2, -0.15) is 26.3 Å². The van der Waals surface area contributed by atoms with Crippen molar-refractivity contribution in [2.45, 2.75) is 24.5 Å². The minimum atomic E-state index is -5.09. The van der Waals surface area contributed by atoms with Gasteiger partial charge in [0.15, 0.2) is 0 Å². The van der Waals surface area contributed by atoms with Gasteiger partial charge in [-0.25, -0.2) is 0 Å². The quantitative estimate of drug-likeness (QED) is 0.746. The highest BCUT2D eigenvalue weighted by Gasteiger charge is 2.38. The second-order valence-corrected chi connectivity index (χ2v) is 4.15. The maximum Gasteiger partial charge on any atom is 0.416 e. The standard InChI is InChI=1S/C11H9F6NO3/c12-10(13,14)5-1-4(8(19)7(18)9(20)21)2-6(3-5)11(15,16)17/h1-3,7-8,19H,18H2,(H,20,21). The van der Waals surface area contributed by atoms with Crippen LogP contribution in [0.3, 0.4) is 0 Å². The Labute approximate surface area is 113 Å². The first-order valence-electron chi connectivity index (χ1n) is 5.30. The summed E-state index contributed by atoms with van der Waals surface area (Å²) in [5.41, 5.74) is 0.790. The van der Waals surface area contributed by atoms with Gasteiger partial charge in [0.2, 0.25) is 0 Å². The lowest BCUT2D eigenvalue weighted by molar-refractivity contribution is -0.143. The summed E-state index contributed by atoms with van der Waals surface area (Å²) in [6, 6.07) is -1.75. The molecule has 21 heavy (non-hydrogen) atoms. The van der Waals surface area contributed by atoms with E-state index in [0.717, 1.165) is 0 Å². The summed E-state index contributed by atoms with van der Waals surface area (Å²) in [7, 11) is 0. The second-order valence-electron chi connectivity index (χ2n) is 4.15. The smallest absolute Gasteiger partial charge is 0.416 e. The molecule has 0 heterocycles. The maximum absolute atomic E-state index is 12.6. The number of benzene rings is 1. The Hall–Kier alpha value is -1.81. The molecule has 4 nitrogen and oxygen atoms in total. The predicted octanol–water partition coefficient (Wildman–Crippen LogP) is 2.17. The van der Waals surface area contributed by atoms with Crippen molar-refractivity contribution >= 4 is 5.97 Å². The third-order valence-electron chi connectivity index (χ3n) is 2.58. The summed E-state index contributed by atoms with van der Waals surface area (Å²) in [4.78, 5) is 10.5. The number of alkyl halides is 6. The van der Waals surface area contributed by atoms with Crippen LogP contribution in [0.5, 0.6) is 0 Å². The highest BCUT2D eigenvalue weighted by molar-refractivity contribution is 5.74. The van der Waals surface area contributed by atoms with E-state index in [0.29, 0.717) is 0 Å². The van der Waals surface area contributed by atoms with Crippen LogP contribution in [-0.4, -0.2) is 22.2 Å². The van der Waals surface area contributed by atoms with Crippen molar-refractivity contribution in [3.63, 3.8) is 0 Å². The van der Waals surface area contributed by atoms with E-state index in [1.165, 1.54) is 0 Å². The van der Waals surface area contributed by atoms with Crippen molar-refractivity contribution in [1.82, 2.24) is 0 Å². The Morgan fingerprint density at radius 3 is 1.67 bits per heavy atom. The summed E-state index contributed by atoms with van der Waals surface area (Å²) in [6.45, 7) is 0. The Kier molecular flexibility index (Phi) is 4.54. The van der Waals surface area contributed by atoms with Crippen LogP contribution in [0.25, 0.3) is 0 Å². The molecule has 10 heteroatoms. The summed E-state index contributed by atoms with van der Waals surface area (Å²) < 4.78 is 75.4. The van der Waals surface area contributed by atoms with Crippen LogP contribution in [-0.2, 0) is 17.1 Å². The number of halogens is 6. The van der Waals surface area contributed by atoms with Crippen molar-refractivity contribution in [2.24, 2.45) is 5.73 Å². The van der Waals surface area contributed by atoms with E-state index < -0.39 is 47.2 Å². The third-order valence-corrected chi connectivity index (χ3v) is 2.58. The van der Waals surface area contributed by atoms with E-state index in [1.807, 2.05) is 0 Å². The zero-order valence-corrected chi connectivity index (χ0v) is 10.0. The van der Waals surface area contributed by atoms with Crippen LogP contribution in [0.15, 0.2) is 18.2 Å². The Bertz CT molecular complexity index is 507. The second kappa shape index (κ2) is 5.53. The first-order chi connectivity index (χ1) is 9.34. The highest BCUT2D eigenvalue weighted by atomic mass is 19.4. The van der Waals surface area contributed by atoms with Crippen molar-refractivity contribution in [3.05, 3.63) is 34.9 Å². The molecule has 0 aromatic heterocycles. The van der Waals surface area contributed by atoms with E-state index in [9.17, 15) is 36.2 Å². The molecule has 0 bridgehead atoms. The van der Waals surface area contributed by atoms with Crippen LogP contribution < -0.4 is 5.73 Å². The fourth-order valence-electron chi connectivity index (χ4n) is 1.49. The fraction of sp³-hybridized carbons (Fsp3) is 0.364. The van der Waals surface area contributed by atoms with Gasteiger partial charge in [0.05, 0.1) is 11.1 Å². The van der Waals surface area contributed by atoms with Gasteiger partial charge in [-0.05, 0) is 23.8 Å². The number of aliphatic carboxylic acids is 1. The van der Waals surface area contributed by atoms with E-state index in [4.69, 9.17) is 10.8 Å². The van der Waals surface area contributed by atoms with Crippen LogP contribution >= 0.6 is 0 Å². The third kappa shape index (κ3) is 4.08. The molecule has 2 atom stereocenters. The average Bonchev–Trinajstić information content (AvgIpc) is 2.34.